The molecule has 1 aliphatic carbocycles. The third-order valence-corrected chi connectivity index (χ3v) is 6.71. The predicted octanol–water partition coefficient (Wildman–Crippen LogP) is 5.20. The number of halogens is 1. The Labute approximate surface area is 179 Å². The molecule has 3 aromatic rings. The minimum atomic E-state index is -0.113. The SMILES string of the molecule is O=C(Nc1ccc2c(c1)nc1n2CCN(C2CCCCC2)C1)c1cccc(Br)c1. The lowest BCUT2D eigenvalue weighted by atomic mass is 9.94. The van der Waals surface area contributed by atoms with Crippen LogP contribution in [-0.4, -0.2) is 32.9 Å². The maximum Gasteiger partial charge on any atom is 0.255 e. The second kappa shape index (κ2) is 7.92. The van der Waals surface area contributed by atoms with E-state index >= 15 is 0 Å². The van der Waals surface area contributed by atoms with Gasteiger partial charge in [-0.25, -0.2) is 4.98 Å². The van der Waals surface area contributed by atoms with Crippen LogP contribution in [0.1, 0.15) is 48.3 Å². The first-order chi connectivity index (χ1) is 14.2. The molecule has 5 rings (SSSR count). The lowest BCUT2D eigenvalue weighted by Gasteiger charge is -2.36. The summed E-state index contributed by atoms with van der Waals surface area (Å²) in [7, 11) is 0. The van der Waals surface area contributed by atoms with Crippen molar-refractivity contribution in [2.24, 2.45) is 0 Å². The molecule has 2 heterocycles. The van der Waals surface area contributed by atoms with Gasteiger partial charge in [0.2, 0.25) is 0 Å². The number of hydrogen-bond donors (Lipinski definition) is 1. The van der Waals surface area contributed by atoms with Crippen LogP contribution in [0.15, 0.2) is 46.9 Å². The topological polar surface area (TPSA) is 50.2 Å². The number of carbonyl (C=O) groups is 1. The number of benzene rings is 2. The summed E-state index contributed by atoms with van der Waals surface area (Å²) >= 11 is 3.42. The molecule has 1 saturated carbocycles. The van der Waals surface area contributed by atoms with Gasteiger partial charge in [0, 0.05) is 34.9 Å². The van der Waals surface area contributed by atoms with Gasteiger partial charge in [-0.1, -0.05) is 41.3 Å². The minimum Gasteiger partial charge on any atom is -0.326 e. The standard InChI is InChI=1S/C23H25BrN4O/c24-17-6-4-5-16(13-17)23(29)25-18-9-10-21-20(14-18)26-22-15-27(11-12-28(21)22)19-7-2-1-3-8-19/h4-6,9-10,13-14,19H,1-3,7-8,11-12,15H2,(H,25,29). The van der Waals surface area contributed by atoms with Crippen LogP contribution >= 0.6 is 15.9 Å². The van der Waals surface area contributed by atoms with Crippen molar-refractivity contribution in [3.8, 4) is 0 Å². The van der Waals surface area contributed by atoms with E-state index in [4.69, 9.17) is 4.98 Å². The molecule has 1 aromatic heterocycles. The fraction of sp³-hybridized carbons (Fsp3) is 0.391. The van der Waals surface area contributed by atoms with Crippen molar-refractivity contribution in [3.63, 3.8) is 0 Å². The van der Waals surface area contributed by atoms with Gasteiger partial charge in [-0.2, -0.15) is 0 Å². The molecule has 5 nitrogen and oxygen atoms in total. The predicted molar refractivity (Wildman–Crippen MR) is 119 cm³/mol. The largest absolute Gasteiger partial charge is 0.326 e. The van der Waals surface area contributed by atoms with E-state index in [-0.39, 0.29) is 5.91 Å². The van der Waals surface area contributed by atoms with Crippen LogP contribution in [0.25, 0.3) is 11.0 Å². The molecule has 6 heteroatoms. The van der Waals surface area contributed by atoms with E-state index in [1.54, 1.807) is 0 Å². The van der Waals surface area contributed by atoms with Crippen molar-refractivity contribution >= 4 is 38.6 Å². The van der Waals surface area contributed by atoms with Gasteiger partial charge in [-0.3, -0.25) is 9.69 Å². The molecule has 150 valence electrons. The molecule has 0 atom stereocenters. The summed E-state index contributed by atoms with van der Waals surface area (Å²) in [6.45, 7) is 3.02. The molecule has 2 aliphatic rings. The second-order valence-electron chi connectivity index (χ2n) is 8.11. The lowest BCUT2D eigenvalue weighted by molar-refractivity contribution is 0.102. The third kappa shape index (κ3) is 3.83. The molecule has 1 aliphatic heterocycles. The molecule has 0 spiro atoms. The van der Waals surface area contributed by atoms with Gasteiger partial charge >= 0.3 is 0 Å². The zero-order valence-electron chi connectivity index (χ0n) is 16.4. The van der Waals surface area contributed by atoms with E-state index < -0.39 is 0 Å². The number of amides is 1. The summed E-state index contributed by atoms with van der Waals surface area (Å²) < 4.78 is 3.24. The van der Waals surface area contributed by atoms with Crippen LogP contribution in [0.2, 0.25) is 0 Å². The fourth-order valence-electron chi connectivity index (χ4n) is 4.71. The van der Waals surface area contributed by atoms with Crippen LogP contribution in [-0.2, 0) is 13.1 Å². The van der Waals surface area contributed by atoms with E-state index in [0.717, 1.165) is 52.7 Å². The van der Waals surface area contributed by atoms with E-state index in [9.17, 15) is 4.79 Å². The molecular weight excluding hydrogens is 428 g/mol. The molecule has 0 saturated heterocycles. The highest BCUT2D eigenvalue weighted by molar-refractivity contribution is 9.10. The van der Waals surface area contributed by atoms with Crippen molar-refractivity contribution in [2.75, 3.05) is 11.9 Å². The monoisotopic (exact) mass is 452 g/mol. The summed E-state index contributed by atoms with van der Waals surface area (Å²) in [5.41, 5.74) is 3.52. The smallest absolute Gasteiger partial charge is 0.255 e. The van der Waals surface area contributed by atoms with E-state index in [2.05, 4.69) is 36.8 Å². The highest BCUT2D eigenvalue weighted by atomic mass is 79.9. The van der Waals surface area contributed by atoms with Crippen LogP contribution in [0.4, 0.5) is 5.69 Å². The van der Waals surface area contributed by atoms with Gasteiger partial charge in [0.15, 0.2) is 0 Å². The second-order valence-corrected chi connectivity index (χ2v) is 9.03. The Morgan fingerprint density at radius 2 is 1.93 bits per heavy atom. The summed E-state index contributed by atoms with van der Waals surface area (Å²) in [6, 6.07) is 14.2. The number of imidazole rings is 1. The molecule has 1 fully saturated rings. The molecule has 0 unspecified atom stereocenters. The fourth-order valence-corrected chi connectivity index (χ4v) is 5.11. The molecular formula is C23H25BrN4O. The molecule has 2 aromatic carbocycles. The number of carbonyl (C=O) groups excluding carboxylic acids is 1. The number of rotatable bonds is 3. The number of fused-ring (bicyclic) bond motifs is 3. The summed E-state index contributed by atoms with van der Waals surface area (Å²) in [6.07, 6.45) is 6.76. The van der Waals surface area contributed by atoms with Gasteiger partial charge < -0.3 is 9.88 Å². The maximum atomic E-state index is 12.6. The first-order valence-corrected chi connectivity index (χ1v) is 11.3. The number of nitrogens with one attached hydrogen (secondary N) is 1. The van der Waals surface area contributed by atoms with E-state index in [1.165, 1.54) is 32.1 Å². The lowest BCUT2D eigenvalue weighted by Crippen LogP contribution is -2.42. The zero-order chi connectivity index (χ0) is 19.8. The molecule has 0 bridgehead atoms. The normalized spacial score (nSPS) is 18.0. The van der Waals surface area contributed by atoms with Gasteiger partial charge in [0.1, 0.15) is 5.82 Å². The Kier molecular flexibility index (Phi) is 5.14. The molecule has 29 heavy (non-hydrogen) atoms. The van der Waals surface area contributed by atoms with Crippen molar-refractivity contribution in [3.05, 3.63) is 58.3 Å². The summed E-state index contributed by atoms with van der Waals surface area (Å²) in [4.78, 5) is 20.1. The van der Waals surface area contributed by atoms with Crippen LogP contribution < -0.4 is 5.32 Å². The molecule has 1 amide bonds. The zero-order valence-corrected chi connectivity index (χ0v) is 18.0. The Morgan fingerprint density at radius 3 is 2.76 bits per heavy atom. The average Bonchev–Trinajstić information content (AvgIpc) is 3.11. The van der Waals surface area contributed by atoms with Gasteiger partial charge in [0.05, 0.1) is 17.6 Å². The van der Waals surface area contributed by atoms with Crippen molar-refractivity contribution in [1.29, 1.82) is 0 Å². The summed E-state index contributed by atoms with van der Waals surface area (Å²) in [5, 5.41) is 3.00. The minimum absolute atomic E-state index is 0.113. The van der Waals surface area contributed by atoms with Crippen molar-refractivity contribution in [1.82, 2.24) is 14.5 Å². The number of hydrogen-bond acceptors (Lipinski definition) is 3. The number of nitrogens with zero attached hydrogens (tertiary/aromatic N) is 3. The Hall–Kier alpha value is -2.18. The van der Waals surface area contributed by atoms with Gasteiger partial charge in [-0.05, 0) is 49.2 Å². The first kappa shape index (κ1) is 18.8. The third-order valence-electron chi connectivity index (χ3n) is 6.22. The molecule has 1 N–H and O–H groups in total. The first-order valence-electron chi connectivity index (χ1n) is 10.5. The number of aromatic nitrogens is 2. The van der Waals surface area contributed by atoms with Crippen molar-refractivity contribution < 1.29 is 4.79 Å². The van der Waals surface area contributed by atoms with Gasteiger partial charge in [-0.15, -0.1) is 0 Å². The van der Waals surface area contributed by atoms with Crippen LogP contribution in [0.3, 0.4) is 0 Å². The average molecular weight is 453 g/mol. The highest BCUT2D eigenvalue weighted by Gasteiger charge is 2.26. The highest BCUT2D eigenvalue weighted by Crippen LogP contribution is 2.29. The Balaban J connectivity index is 1.36. The maximum absolute atomic E-state index is 12.6. The quantitative estimate of drug-likeness (QED) is 0.593. The van der Waals surface area contributed by atoms with Crippen molar-refractivity contribution in [2.45, 2.75) is 51.2 Å². The van der Waals surface area contributed by atoms with Crippen LogP contribution in [0.5, 0.6) is 0 Å². The van der Waals surface area contributed by atoms with E-state index in [0.29, 0.717) is 5.56 Å². The summed E-state index contributed by atoms with van der Waals surface area (Å²) in [5.74, 6) is 1.03. The van der Waals surface area contributed by atoms with Crippen LogP contribution in [0, 0.1) is 0 Å². The van der Waals surface area contributed by atoms with Gasteiger partial charge in [0.25, 0.3) is 5.91 Å². The molecule has 0 radical (unpaired) electrons. The van der Waals surface area contributed by atoms with E-state index in [1.807, 2.05) is 36.4 Å². The Morgan fingerprint density at radius 1 is 1.07 bits per heavy atom. The number of anilines is 1. The Bertz CT molecular complexity index is 1050.